The van der Waals surface area contributed by atoms with E-state index >= 15 is 0 Å². The van der Waals surface area contributed by atoms with Gasteiger partial charge in [-0.2, -0.15) is 0 Å². The molecule has 1 fully saturated rings. The van der Waals surface area contributed by atoms with Gasteiger partial charge in [0.1, 0.15) is 11.8 Å². The molecule has 0 amide bonds. The van der Waals surface area contributed by atoms with Crippen molar-refractivity contribution in [3.8, 4) is 5.75 Å². The van der Waals surface area contributed by atoms with Gasteiger partial charge in [0.15, 0.2) is 5.17 Å². The second kappa shape index (κ2) is 6.71. The van der Waals surface area contributed by atoms with Gasteiger partial charge in [-0.25, -0.2) is 0 Å². The van der Waals surface area contributed by atoms with Crippen molar-refractivity contribution in [3.05, 3.63) is 59.9 Å². The van der Waals surface area contributed by atoms with Gasteiger partial charge in [-0.3, -0.25) is 9.98 Å². The Bertz CT molecular complexity index is 778. The molecule has 2 aliphatic heterocycles. The van der Waals surface area contributed by atoms with Gasteiger partial charge in [-0.1, -0.05) is 36.9 Å². The zero-order chi connectivity index (χ0) is 17.4. The Morgan fingerprint density at radius 3 is 2.84 bits per heavy atom. The minimum Gasteiger partial charge on any atom is -0.491 e. The van der Waals surface area contributed by atoms with E-state index in [1.807, 2.05) is 36.2 Å². The molecule has 130 valence electrons. The second-order valence-corrected chi connectivity index (χ2v) is 8.28. The lowest BCUT2D eigenvalue weighted by Crippen LogP contribution is -2.28. The highest BCUT2D eigenvalue weighted by Gasteiger charge is 2.43. The topological polar surface area (TPSA) is 37.7 Å². The maximum absolute atomic E-state index is 5.91. The Labute approximate surface area is 153 Å². The second-order valence-electron chi connectivity index (χ2n) is 6.88. The van der Waals surface area contributed by atoms with Crippen LogP contribution in [0.4, 0.5) is 0 Å². The first-order valence-electron chi connectivity index (χ1n) is 8.80. The average molecular weight is 353 g/mol. The number of fused-ring (bicyclic) bond motifs is 1. The lowest BCUT2D eigenvalue weighted by atomic mass is 9.96. The summed E-state index contributed by atoms with van der Waals surface area (Å²) in [5, 5.41) is 1.71. The van der Waals surface area contributed by atoms with Crippen LogP contribution in [0.5, 0.6) is 5.75 Å². The molecular weight excluding hydrogens is 330 g/mol. The quantitative estimate of drug-likeness (QED) is 0.813. The molecule has 4 rings (SSSR count). The summed E-state index contributed by atoms with van der Waals surface area (Å²) in [6.07, 6.45) is 2.02. The maximum Gasteiger partial charge on any atom is 0.160 e. The Morgan fingerprint density at radius 2 is 2.08 bits per heavy atom. The molecule has 0 aliphatic carbocycles. The van der Waals surface area contributed by atoms with Crippen molar-refractivity contribution in [3.63, 3.8) is 0 Å². The molecule has 1 aromatic heterocycles. The summed E-state index contributed by atoms with van der Waals surface area (Å²) in [4.78, 5) is 12.0. The van der Waals surface area contributed by atoms with Crippen molar-refractivity contribution in [2.45, 2.75) is 44.2 Å². The van der Waals surface area contributed by atoms with E-state index in [-0.39, 0.29) is 18.2 Å². The summed E-state index contributed by atoms with van der Waals surface area (Å²) in [5.41, 5.74) is 2.26. The van der Waals surface area contributed by atoms with E-state index in [2.05, 4.69) is 54.9 Å². The standard InChI is InChI=1S/C20H23N3OS/c1-13(2)24-16-8-6-7-15(11-16)19-18(17-9-4-5-10-21-17)22-20-23(19)12-14(3)25-20/h4-11,13-14,18-19H,12H2,1-3H3. The fourth-order valence-corrected chi connectivity index (χ4v) is 4.62. The number of nitrogens with zero attached hydrogens (tertiary/aromatic N) is 3. The molecule has 0 bridgehead atoms. The Kier molecular flexibility index (Phi) is 4.42. The van der Waals surface area contributed by atoms with Gasteiger partial charge in [0.25, 0.3) is 0 Å². The van der Waals surface area contributed by atoms with Crippen molar-refractivity contribution < 1.29 is 4.74 Å². The number of thioether (sulfide) groups is 1. The summed E-state index contributed by atoms with van der Waals surface area (Å²) in [6, 6.07) is 14.7. The van der Waals surface area contributed by atoms with Gasteiger partial charge in [0, 0.05) is 18.0 Å². The Morgan fingerprint density at radius 1 is 1.20 bits per heavy atom. The monoisotopic (exact) mass is 353 g/mol. The molecule has 5 heteroatoms. The summed E-state index contributed by atoms with van der Waals surface area (Å²) in [7, 11) is 0. The normalized spacial score (nSPS) is 25.2. The van der Waals surface area contributed by atoms with Crippen molar-refractivity contribution in [2.75, 3.05) is 6.54 Å². The third kappa shape index (κ3) is 3.25. The van der Waals surface area contributed by atoms with E-state index in [1.165, 1.54) is 5.56 Å². The van der Waals surface area contributed by atoms with Crippen LogP contribution in [0.25, 0.3) is 0 Å². The van der Waals surface area contributed by atoms with Crippen LogP contribution in [0.2, 0.25) is 0 Å². The van der Waals surface area contributed by atoms with Crippen LogP contribution in [-0.2, 0) is 0 Å². The van der Waals surface area contributed by atoms with Gasteiger partial charge in [0.2, 0.25) is 0 Å². The molecule has 1 saturated heterocycles. The van der Waals surface area contributed by atoms with E-state index in [4.69, 9.17) is 9.73 Å². The fraction of sp³-hybridized carbons (Fsp3) is 0.400. The number of benzene rings is 1. The average Bonchev–Trinajstić information content (AvgIpc) is 3.11. The zero-order valence-corrected chi connectivity index (χ0v) is 15.6. The third-order valence-electron chi connectivity index (χ3n) is 4.45. The fourth-order valence-electron chi connectivity index (χ4n) is 3.52. The first-order valence-corrected chi connectivity index (χ1v) is 9.68. The molecule has 0 saturated carbocycles. The van der Waals surface area contributed by atoms with E-state index < -0.39 is 0 Å². The molecule has 0 radical (unpaired) electrons. The number of hydrogen-bond donors (Lipinski definition) is 0. The molecule has 0 N–H and O–H groups in total. The molecule has 2 aliphatic rings. The predicted molar refractivity (Wildman–Crippen MR) is 103 cm³/mol. The predicted octanol–water partition coefficient (Wildman–Crippen LogP) is 4.46. The van der Waals surface area contributed by atoms with Crippen molar-refractivity contribution >= 4 is 16.9 Å². The van der Waals surface area contributed by atoms with Crippen molar-refractivity contribution in [1.82, 2.24) is 9.88 Å². The number of hydrogen-bond acceptors (Lipinski definition) is 5. The number of ether oxygens (including phenoxy) is 1. The molecule has 25 heavy (non-hydrogen) atoms. The molecule has 0 spiro atoms. The molecule has 3 heterocycles. The largest absolute Gasteiger partial charge is 0.491 e. The lowest BCUT2D eigenvalue weighted by molar-refractivity contribution is 0.241. The van der Waals surface area contributed by atoms with Crippen LogP contribution < -0.4 is 4.74 Å². The van der Waals surface area contributed by atoms with Crippen LogP contribution >= 0.6 is 11.8 Å². The molecule has 3 atom stereocenters. The van der Waals surface area contributed by atoms with Gasteiger partial charge in [-0.05, 0) is 43.7 Å². The number of pyridine rings is 1. The zero-order valence-electron chi connectivity index (χ0n) is 14.8. The summed E-state index contributed by atoms with van der Waals surface area (Å²) < 4.78 is 5.91. The number of aromatic nitrogens is 1. The number of rotatable bonds is 4. The van der Waals surface area contributed by atoms with Gasteiger partial charge < -0.3 is 9.64 Å². The van der Waals surface area contributed by atoms with Gasteiger partial charge in [0.05, 0.1) is 17.8 Å². The van der Waals surface area contributed by atoms with E-state index in [0.717, 1.165) is 23.2 Å². The van der Waals surface area contributed by atoms with Crippen LogP contribution in [0.1, 0.15) is 44.1 Å². The Balaban J connectivity index is 1.72. The molecule has 4 nitrogen and oxygen atoms in total. The smallest absolute Gasteiger partial charge is 0.160 e. The van der Waals surface area contributed by atoms with Crippen molar-refractivity contribution in [2.24, 2.45) is 4.99 Å². The lowest BCUT2D eigenvalue weighted by Gasteiger charge is -2.27. The van der Waals surface area contributed by atoms with E-state index in [0.29, 0.717) is 5.25 Å². The van der Waals surface area contributed by atoms with Crippen LogP contribution in [0.15, 0.2) is 53.7 Å². The first kappa shape index (κ1) is 16.5. The van der Waals surface area contributed by atoms with E-state index in [9.17, 15) is 0 Å². The van der Waals surface area contributed by atoms with Crippen LogP contribution in [0.3, 0.4) is 0 Å². The minimum absolute atomic E-state index is 0.0329. The van der Waals surface area contributed by atoms with Crippen molar-refractivity contribution in [1.29, 1.82) is 0 Å². The molecule has 1 aromatic carbocycles. The highest BCUT2D eigenvalue weighted by molar-refractivity contribution is 8.14. The first-order chi connectivity index (χ1) is 12.1. The number of amidine groups is 1. The molecule has 3 unspecified atom stereocenters. The van der Waals surface area contributed by atoms with E-state index in [1.54, 1.807) is 0 Å². The molecule has 2 aromatic rings. The highest BCUT2D eigenvalue weighted by Crippen LogP contribution is 2.47. The van der Waals surface area contributed by atoms with Crippen LogP contribution in [-0.4, -0.2) is 33.0 Å². The Hall–Kier alpha value is -2.01. The summed E-state index contributed by atoms with van der Waals surface area (Å²) in [5.74, 6) is 0.917. The SMILES string of the molecule is CC(C)Oc1cccc(C2C(c3ccccn3)N=C3SC(C)CN32)c1. The maximum atomic E-state index is 5.91. The van der Waals surface area contributed by atoms with Gasteiger partial charge >= 0.3 is 0 Å². The van der Waals surface area contributed by atoms with Gasteiger partial charge in [-0.15, -0.1) is 0 Å². The summed E-state index contributed by atoms with van der Waals surface area (Å²) in [6.45, 7) is 7.39. The highest BCUT2D eigenvalue weighted by atomic mass is 32.2. The third-order valence-corrected chi connectivity index (χ3v) is 5.55. The summed E-state index contributed by atoms with van der Waals surface area (Å²) >= 11 is 1.86. The van der Waals surface area contributed by atoms with Crippen LogP contribution in [0, 0.1) is 0 Å². The molecular formula is C20H23N3OS. The minimum atomic E-state index is 0.0329. The number of aliphatic imine (C=N–C) groups is 1.